The smallest absolute Gasteiger partial charge is 0.424 e. The predicted molar refractivity (Wildman–Crippen MR) is 104 cm³/mol. The van der Waals surface area contributed by atoms with E-state index in [9.17, 15) is 9.59 Å². The summed E-state index contributed by atoms with van der Waals surface area (Å²) in [5, 5.41) is 0. The molecule has 1 amide bonds. The molecule has 3 aromatic rings. The number of amides is 1. The van der Waals surface area contributed by atoms with E-state index in [0.29, 0.717) is 36.8 Å². The zero-order valence-electron chi connectivity index (χ0n) is 15.9. The van der Waals surface area contributed by atoms with Crippen LogP contribution in [-0.2, 0) is 11.5 Å². The molecule has 150 valence electrons. The predicted octanol–water partition coefficient (Wildman–Crippen LogP) is 0.119. The molecule has 1 atom stereocenters. The van der Waals surface area contributed by atoms with Crippen LogP contribution < -0.4 is 20.1 Å². The number of oxazole rings is 1. The first-order chi connectivity index (χ1) is 14.2. The molecule has 0 saturated carbocycles. The summed E-state index contributed by atoms with van der Waals surface area (Å²) in [6, 6.07) is 14.8. The fourth-order valence-corrected chi connectivity index (χ4v) is 3.93. The number of carbonyl (C=O) groups is 1. The third kappa shape index (κ3) is 3.36. The highest BCUT2D eigenvalue weighted by atomic mass is 16.6. The number of fused-ring (bicyclic) bond motifs is 2. The lowest BCUT2D eigenvalue weighted by atomic mass is 10.2. The Balaban J connectivity index is 1.21. The number of aromatic nitrogens is 1. The molecule has 2 aromatic carbocycles. The van der Waals surface area contributed by atoms with E-state index >= 15 is 0 Å². The molecule has 0 spiro atoms. The molecule has 1 aromatic heterocycles. The van der Waals surface area contributed by atoms with Gasteiger partial charge in [-0.2, -0.15) is 0 Å². The highest BCUT2D eigenvalue weighted by Crippen LogP contribution is 2.31. The summed E-state index contributed by atoms with van der Waals surface area (Å²) in [5.74, 6) is 0.879. The summed E-state index contributed by atoms with van der Waals surface area (Å²) in [6.07, 6.45) is -0.619. The summed E-state index contributed by atoms with van der Waals surface area (Å²) in [5.41, 5.74) is 1.40. The maximum Gasteiger partial charge on any atom is 0.424 e. The van der Waals surface area contributed by atoms with Gasteiger partial charge in [0.2, 0.25) is 6.10 Å². The molecule has 1 saturated heterocycles. The van der Waals surface area contributed by atoms with Crippen LogP contribution in [0.25, 0.3) is 11.1 Å². The van der Waals surface area contributed by atoms with Gasteiger partial charge in [0, 0.05) is 0 Å². The van der Waals surface area contributed by atoms with E-state index < -0.39 is 6.10 Å². The number of ether oxygens (including phenoxy) is 2. The monoisotopic (exact) mass is 396 g/mol. The number of hydrogen-bond acceptors (Lipinski definition) is 5. The van der Waals surface area contributed by atoms with Crippen molar-refractivity contribution in [1.29, 1.82) is 0 Å². The fraction of sp³-hybridized carbons (Fsp3) is 0.333. The Kier molecular flexibility index (Phi) is 4.48. The number of benzene rings is 2. The van der Waals surface area contributed by atoms with E-state index in [-0.39, 0.29) is 18.3 Å². The third-order valence-corrected chi connectivity index (χ3v) is 5.52. The molecular formula is C21H22N3O5+. The first-order valence-corrected chi connectivity index (χ1v) is 9.78. The van der Waals surface area contributed by atoms with E-state index in [1.807, 2.05) is 47.4 Å². The van der Waals surface area contributed by atoms with Crippen molar-refractivity contribution in [3.8, 4) is 11.5 Å². The molecule has 2 aliphatic heterocycles. The van der Waals surface area contributed by atoms with Crippen LogP contribution in [0.4, 0.5) is 0 Å². The number of piperazine rings is 1. The summed E-state index contributed by atoms with van der Waals surface area (Å²) in [4.78, 5) is 28.1. The minimum Gasteiger partial charge on any atom is -0.485 e. The lowest BCUT2D eigenvalue weighted by molar-refractivity contribution is -0.926. The highest BCUT2D eigenvalue weighted by molar-refractivity contribution is 5.82. The van der Waals surface area contributed by atoms with Gasteiger partial charge in [0.1, 0.15) is 6.61 Å². The van der Waals surface area contributed by atoms with Crippen LogP contribution in [0.1, 0.15) is 0 Å². The molecule has 8 heteroatoms. The van der Waals surface area contributed by atoms with Gasteiger partial charge in [0.15, 0.2) is 23.8 Å². The van der Waals surface area contributed by atoms with E-state index in [4.69, 9.17) is 13.9 Å². The van der Waals surface area contributed by atoms with E-state index in [1.54, 1.807) is 10.6 Å². The van der Waals surface area contributed by atoms with Crippen LogP contribution in [0.2, 0.25) is 0 Å². The Morgan fingerprint density at radius 1 is 1.03 bits per heavy atom. The molecule has 29 heavy (non-hydrogen) atoms. The second-order valence-corrected chi connectivity index (χ2v) is 7.36. The number of nitrogens with zero attached hydrogens (tertiary/aromatic N) is 2. The molecule has 1 fully saturated rings. The number of hydrogen-bond donors (Lipinski definition) is 1. The van der Waals surface area contributed by atoms with E-state index in [0.717, 1.165) is 18.6 Å². The normalized spacial score (nSPS) is 19.4. The zero-order valence-corrected chi connectivity index (χ0v) is 15.9. The molecular weight excluding hydrogens is 374 g/mol. The molecule has 0 aliphatic carbocycles. The average Bonchev–Trinajstić information content (AvgIpc) is 3.08. The number of quaternary nitrogens is 1. The summed E-state index contributed by atoms with van der Waals surface area (Å²) in [7, 11) is 0. The van der Waals surface area contributed by atoms with E-state index in [1.165, 1.54) is 4.90 Å². The minimum absolute atomic E-state index is 0.0514. The van der Waals surface area contributed by atoms with Gasteiger partial charge in [-0.25, -0.2) is 9.36 Å². The molecule has 0 unspecified atom stereocenters. The molecule has 2 aliphatic rings. The van der Waals surface area contributed by atoms with Crippen molar-refractivity contribution >= 4 is 17.0 Å². The standard InChI is InChI=1S/C21H21N3O5/c25-20(19-13-27-17-7-3-4-8-18(17)28-19)23-11-9-22(10-12-23)14-24-15-5-1-2-6-16(15)29-21(24)26/h1-8,19H,9-14H2/p+1/t19-/m0/s1. The Hall–Kier alpha value is -3.26. The SMILES string of the molecule is O=C([C@@H]1COc2ccccc2O1)N1CC[NH+](Cn2c(=O)oc3ccccc32)CC1. The van der Waals surface area contributed by atoms with Crippen LogP contribution in [0.15, 0.2) is 57.7 Å². The summed E-state index contributed by atoms with van der Waals surface area (Å²) in [6.45, 7) is 3.47. The van der Waals surface area contributed by atoms with Crippen molar-refractivity contribution < 1.29 is 23.6 Å². The zero-order chi connectivity index (χ0) is 19.8. The van der Waals surface area contributed by atoms with Crippen molar-refractivity contribution in [2.24, 2.45) is 0 Å². The van der Waals surface area contributed by atoms with Crippen LogP contribution in [0, 0.1) is 0 Å². The van der Waals surface area contributed by atoms with Crippen molar-refractivity contribution in [2.75, 3.05) is 32.8 Å². The van der Waals surface area contributed by atoms with Crippen molar-refractivity contribution in [3.63, 3.8) is 0 Å². The molecule has 0 bridgehead atoms. The second-order valence-electron chi connectivity index (χ2n) is 7.36. The van der Waals surface area contributed by atoms with Gasteiger partial charge in [0.25, 0.3) is 5.91 Å². The van der Waals surface area contributed by atoms with Crippen molar-refractivity contribution in [3.05, 3.63) is 59.1 Å². The maximum atomic E-state index is 12.9. The highest BCUT2D eigenvalue weighted by Gasteiger charge is 2.33. The lowest BCUT2D eigenvalue weighted by Crippen LogP contribution is -3.14. The summed E-state index contributed by atoms with van der Waals surface area (Å²) >= 11 is 0. The van der Waals surface area contributed by atoms with Crippen LogP contribution in [0.5, 0.6) is 11.5 Å². The van der Waals surface area contributed by atoms with Crippen LogP contribution >= 0.6 is 0 Å². The number of para-hydroxylation sites is 4. The van der Waals surface area contributed by atoms with Crippen molar-refractivity contribution in [1.82, 2.24) is 9.47 Å². The maximum absolute atomic E-state index is 12.9. The summed E-state index contributed by atoms with van der Waals surface area (Å²) < 4.78 is 18.5. The Labute approximate surface area is 166 Å². The molecule has 1 N–H and O–H groups in total. The van der Waals surface area contributed by atoms with Gasteiger partial charge in [-0.05, 0) is 24.3 Å². The number of rotatable bonds is 3. The first kappa shape index (κ1) is 17.8. The van der Waals surface area contributed by atoms with Gasteiger partial charge in [-0.15, -0.1) is 0 Å². The van der Waals surface area contributed by atoms with Gasteiger partial charge in [-0.1, -0.05) is 24.3 Å². The Bertz CT molecular complexity index is 1100. The molecule has 0 radical (unpaired) electrons. The van der Waals surface area contributed by atoms with Gasteiger partial charge < -0.3 is 23.7 Å². The third-order valence-electron chi connectivity index (χ3n) is 5.52. The van der Waals surface area contributed by atoms with Gasteiger partial charge in [0.05, 0.1) is 31.7 Å². The lowest BCUT2D eigenvalue weighted by Gasteiger charge is -2.35. The van der Waals surface area contributed by atoms with Gasteiger partial charge >= 0.3 is 5.76 Å². The molecule has 8 nitrogen and oxygen atoms in total. The first-order valence-electron chi connectivity index (χ1n) is 9.78. The topological polar surface area (TPSA) is 78.4 Å². The van der Waals surface area contributed by atoms with Crippen LogP contribution in [0.3, 0.4) is 0 Å². The number of nitrogens with one attached hydrogen (secondary N) is 1. The van der Waals surface area contributed by atoms with Crippen molar-refractivity contribution in [2.45, 2.75) is 12.8 Å². The number of carbonyl (C=O) groups excluding carboxylic acids is 1. The van der Waals surface area contributed by atoms with E-state index in [2.05, 4.69) is 0 Å². The van der Waals surface area contributed by atoms with Gasteiger partial charge in [-0.3, -0.25) is 4.79 Å². The fourth-order valence-electron chi connectivity index (χ4n) is 3.93. The van der Waals surface area contributed by atoms with Crippen LogP contribution in [-0.4, -0.2) is 54.3 Å². The largest absolute Gasteiger partial charge is 0.485 e. The molecule has 3 heterocycles. The molecule has 5 rings (SSSR count). The second kappa shape index (κ2) is 7.29. The average molecular weight is 396 g/mol. The Morgan fingerprint density at radius 3 is 2.59 bits per heavy atom. The quantitative estimate of drug-likeness (QED) is 0.681. The Morgan fingerprint density at radius 2 is 1.76 bits per heavy atom. The minimum atomic E-state index is -0.619.